The second-order valence-corrected chi connectivity index (χ2v) is 5.86. The van der Waals surface area contributed by atoms with Crippen molar-refractivity contribution >= 4 is 5.91 Å². The number of H-pyrrole nitrogens is 1. The highest BCUT2D eigenvalue weighted by Crippen LogP contribution is 2.26. The molecular formula is C17H21N3O. The number of nitrogens with one attached hydrogen (secondary N) is 1. The number of amides is 1. The van der Waals surface area contributed by atoms with E-state index in [4.69, 9.17) is 0 Å². The fourth-order valence-electron chi connectivity index (χ4n) is 3.01. The average Bonchev–Trinajstić information content (AvgIpc) is 2.94. The van der Waals surface area contributed by atoms with Crippen molar-refractivity contribution in [3.8, 4) is 0 Å². The van der Waals surface area contributed by atoms with Crippen LogP contribution in [0.5, 0.6) is 0 Å². The number of imidazole rings is 1. The van der Waals surface area contributed by atoms with E-state index in [0.29, 0.717) is 5.92 Å². The van der Waals surface area contributed by atoms with Crippen LogP contribution in [0.3, 0.4) is 0 Å². The molecule has 4 nitrogen and oxygen atoms in total. The number of aromatic nitrogens is 2. The van der Waals surface area contributed by atoms with Crippen molar-refractivity contribution in [3.05, 3.63) is 53.1 Å². The fourth-order valence-corrected chi connectivity index (χ4v) is 3.01. The number of piperidine rings is 1. The first-order chi connectivity index (χ1) is 10.1. The molecule has 21 heavy (non-hydrogen) atoms. The smallest absolute Gasteiger partial charge is 0.254 e. The predicted molar refractivity (Wildman–Crippen MR) is 82.4 cm³/mol. The fraction of sp³-hybridized carbons (Fsp3) is 0.412. The van der Waals surface area contributed by atoms with Gasteiger partial charge in [0.15, 0.2) is 0 Å². The third-order valence-electron chi connectivity index (χ3n) is 4.19. The quantitative estimate of drug-likeness (QED) is 0.921. The van der Waals surface area contributed by atoms with E-state index in [1.54, 1.807) is 0 Å². The van der Waals surface area contributed by atoms with Gasteiger partial charge in [0.05, 0.1) is 0 Å². The molecule has 0 saturated carbocycles. The van der Waals surface area contributed by atoms with Crippen molar-refractivity contribution in [2.24, 2.45) is 0 Å². The molecule has 3 rings (SSSR count). The Bertz CT molecular complexity index is 647. The average molecular weight is 283 g/mol. The first-order valence-corrected chi connectivity index (χ1v) is 7.51. The summed E-state index contributed by atoms with van der Waals surface area (Å²) in [5.41, 5.74) is 2.93. The largest absolute Gasteiger partial charge is 0.346 e. The van der Waals surface area contributed by atoms with Gasteiger partial charge in [0, 0.05) is 36.5 Å². The zero-order chi connectivity index (χ0) is 14.8. The summed E-state index contributed by atoms with van der Waals surface area (Å²) in [7, 11) is 0. The van der Waals surface area contributed by atoms with Crippen LogP contribution in [-0.2, 0) is 0 Å². The second-order valence-electron chi connectivity index (χ2n) is 5.86. The molecule has 1 saturated heterocycles. The lowest BCUT2D eigenvalue weighted by Crippen LogP contribution is -2.39. The lowest BCUT2D eigenvalue weighted by molar-refractivity contribution is 0.0704. The number of rotatable bonds is 2. The van der Waals surface area contributed by atoms with Gasteiger partial charge < -0.3 is 9.88 Å². The summed E-state index contributed by atoms with van der Waals surface area (Å²) < 4.78 is 0. The predicted octanol–water partition coefficient (Wildman–Crippen LogP) is 3.05. The summed E-state index contributed by atoms with van der Waals surface area (Å²) in [5.74, 6) is 1.47. The van der Waals surface area contributed by atoms with E-state index in [1.165, 1.54) is 0 Å². The highest BCUT2D eigenvalue weighted by molar-refractivity contribution is 5.95. The molecule has 1 aliphatic rings. The number of aromatic amines is 1. The van der Waals surface area contributed by atoms with Gasteiger partial charge in [0.25, 0.3) is 5.91 Å². The van der Waals surface area contributed by atoms with Crippen LogP contribution in [-0.4, -0.2) is 33.9 Å². The zero-order valence-electron chi connectivity index (χ0n) is 12.6. The number of aryl methyl sites for hydroxylation is 2. The molecule has 1 aromatic heterocycles. The standard InChI is InChI=1S/C17H21N3O/c1-12-6-3-4-8-15(12)17(21)20-9-5-7-14(11-20)16-18-10-13(2)19-16/h3-4,6,8,10,14H,5,7,9,11H2,1-2H3,(H,18,19)/t14-/m1/s1. The molecule has 0 radical (unpaired) electrons. The van der Waals surface area contributed by atoms with Gasteiger partial charge in [0.2, 0.25) is 0 Å². The van der Waals surface area contributed by atoms with Gasteiger partial charge in [-0.1, -0.05) is 18.2 Å². The number of carbonyl (C=O) groups is 1. The molecule has 4 heteroatoms. The Hall–Kier alpha value is -2.10. The van der Waals surface area contributed by atoms with E-state index in [2.05, 4.69) is 9.97 Å². The van der Waals surface area contributed by atoms with Crippen molar-refractivity contribution in [1.29, 1.82) is 0 Å². The third-order valence-corrected chi connectivity index (χ3v) is 4.19. The molecule has 1 fully saturated rings. The molecule has 0 unspecified atom stereocenters. The highest BCUT2D eigenvalue weighted by Gasteiger charge is 2.27. The van der Waals surface area contributed by atoms with E-state index < -0.39 is 0 Å². The van der Waals surface area contributed by atoms with E-state index in [1.807, 2.05) is 49.2 Å². The van der Waals surface area contributed by atoms with Gasteiger partial charge in [0.1, 0.15) is 5.82 Å². The number of benzene rings is 1. The molecular weight excluding hydrogens is 262 g/mol. The summed E-state index contributed by atoms with van der Waals surface area (Å²) in [6.45, 7) is 5.59. The molecule has 1 N–H and O–H groups in total. The molecule has 0 spiro atoms. The highest BCUT2D eigenvalue weighted by atomic mass is 16.2. The molecule has 0 bridgehead atoms. The van der Waals surface area contributed by atoms with Crippen LogP contribution >= 0.6 is 0 Å². The first kappa shape index (κ1) is 13.9. The lowest BCUT2D eigenvalue weighted by atomic mass is 9.96. The summed E-state index contributed by atoms with van der Waals surface area (Å²) in [4.78, 5) is 22.4. The Labute approximate surface area is 125 Å². The number of likely N-dealkylation sites (tertiary alicyclic amines) is 1. The molecule has 1 atom stereocenters. The van der Waals surface area contributed by atoms with Crippen LogP contribution in [0.15, 0.2) is 30.5 Å². The van der Waals surface area contributed by atoms with Crippen molar-refractivity contribution in [2.75, 3.05) is 13.1 Å². The van der Waals surface area contributed by atoms with Crippen LogP contribution in [0.25, 0.3) is 0 Å². The number of hydrogen-bond acceptors (Lipinski definition) is 2. The van der Waals surface area contributed by atoms with Crippen LogP contribution in [0.2, 0.25) is 0 Å². The Balaban J connectivity index is 1.77. The lowest BCUT2D eigenvalue weighted by Gasteiger charge is -2.32. The van der Waals surface area contributed by atoms with E-state index in [9.17, 15) is 4.79 Å². The normalized spacial score (nSPS) is 18.8. The van der Waals surface area contributed by atoms with E-state index in [0.717, 1.165) is 48.6 Å². The van der Waals surface area contributed by atoms with Gasteiger partial charge in [-0.05, 0) is 38.3 Å². The molecule has 0 aliphatic carbocycles. The van der Waals surface area contributed by atoms with Gasteiger partial charge in [-0.15, -0.1) is 0 Å². The van der Waals surface area contributed by atoms with Crippen molar-refractivity contribution in [1.82, 2.24) is 14.9 Å². The molecule has 110 valence electrons. The van der Waals surface area contributed by atoms with Crippen LogP contribution < -0.4 is 0 Å². The van der Waals surface area contributed by atoms with Crippen molar-refractivity contribution in [3.63, 3.8) is 0 Å². The maximum Gasteiger partial charge on any atom is 0.254 e. The minimum atomic E-state index is 0.140. The molecule has 2 aromatic rings. The SMILES string of the molecule is Cc1cnc([C@@H]2CCCN(C(=O)c3ccccc3C)C2)[nH]1. The van der Waals surface area contributed by atoms with Crippen LogP contribution in [0.4, 0.5) is 0 Å². The Morgan fingerprint density at radius 1 is 1.33 bits per heavy atom. The van der Waals surface area contributed by atoms with Crippen LogP contribution in [0, 0.1) is 13.8 Å². The summed E-state index contributed by atoms with van der Waals surface area (Å²) in [6, 6.07) is 7.80. The topological polar surface area (TPSA) is 49.0 Å². The minimum absolute atomic E-state index is 0.140. The van der Waals surface area contributed by atoms with E-state index in [-0.39, 0.29) is 5.91 Å². The van der Waals surface area contributed by atoms with E-state index >= 15 is 0 Å². The zero-order valence-corrected chi connectivity index (χ0v) is 12.6. The summed E-state index contributed by atoms with van der Waals surface area (Å²) >= 11 is 0. The number of carbonyl (C=O) groups excluding carboxylic acids is 1. The monoisotopic (exact) mass is 283 g/mol. The Morgan fingerprint density at radius 3 is 2.86 bits per heavy atom. The Kier molecular flexibility index (Phi) is 3.78. The Morgan fingerprint density at radius 2 is 2.14 bits per heavy atom. The van der Waals surface area contributed by atoms with Gasteiger partial charge >= 0.3 is 0 Å². The van der Waals surface area contributed by atoms with Gasteiger partial charge in [-0.25, -0.2) is 4.98 Å². The van der Waals surface area contributed by atoms with Gasteiger partial charge in [-0.3, -0.25) is 4.79 Å². The summed E-state index contributed by atoms with van der Waals surface area (Å²) in [6.07, 6.45) is 3.98. The van der Waals surface area contributed by atoms with Crippen LogP contribution in [0.1, 0.15) is 46.2 Å². The molecule has 2 heterocycles. The maximum atomic E-state index is 12.7. The number of nitrogens with zero attached hydrogens (tertiary/aromatic N) is 2. The van der Waals surface area contributed by atoms with Crippen molar-refractivity contribution < 1.29 is 4.79 Å². The third kappa shape index (κ3) is 2.84. The summed E-state index contributed by atoms with van der Waals surface area (Å²) in [5, 5.41) is 0. The maximum absolute atomic E-state index is 12.7. The van der Waals surface area contributed by atoms with Crippen molar-refractivity contribution in [2.45, 2.75) is 32.6 Å². The number of hydrogen-bond donors (Lipinski definition) is 1. The molecule has 1 aromatic carbocycles. The first-order valence-electron chi connectivity index (χ1n) is 7.51. The molecule has 1 aliphatic heterocycles. The minimum Gasteiger partial charge on any atom is -0.346 e. The molecule has 1 amide bonds. The second kappa shape index (κ2) is 5.72. The van der Waals surface area contributed by atoms with Gasteiger partial charge in [-0.2, -0.15) is 0 Å².